The molecule has 0 spiro atoms. The van der Waals surface area contributed by atoms with Gasteiger partial charge >= 0.3 is 6.09 Å². The van der Waals surface area contributed by atoms with Gasteiger partial charge in [0.15, 0.2) is 11.5 Å². The van der Waals surface area contributed by atoms with E-state index in [2.05, 4.69) is 4.98 Å². The van der Waals surface area contributed by atoms with E-state index in [-0.39, 0.29) is 35.8 Å². The van der Waals surface area contributed by atoms with Crippen LogP contribution in [0.4, 0.5) is 4.79 Å². The number of hydrogen-bond acceptors (Lipinski definition) is 6. The largest absolute Gasteiger partial charge is 0.503 e. The van der Waals surface area contributed by atoms with E-state index in [1.165, 1.54) is 0 Å². The van der Waals surface area contributed by atoms with Gasteiger partial charge in [0.05, 0.1) is 18.2 Å². The second-order valence-electron chi connectivity index (χ2n) is 8.10. The Morgan fingerprint density at radius 2 is 1.87 bits per heavy atom. The number of carbonyl (C=O) groups is 3. The number of aliphatic hydroxyl groups excluding tert-OH is 1. The Labute approximate surface area is 176 Å². The van der Waals surface area contributed by atoms with Crippen molar-refractivity contribution < 1.29 is 24.2 Å². The lowest BCUT2D eigenvalue weighted by Gasteiger charge is -2.39. The minimum Gasteiger partial charge on any atom is -0.503 e. The van der Waals surface area contributed by atoms with Crippen LogP contribution >= 0.6 is 0 Å². The molecule has 1 aromatic rings. The summed E-state index contributed by atoms with van der Waals surface area (Å²) in [6, 6.07) is 2.68. The molecule has 1 atom stereocenters. The summed E-state index contributed by atoms with van der Waals surface area (Å²) < 4.78 is 5.06. The van der Waals surface area contributed by atoms with Crippen molar-refractivity contribution in [3.63, 3.8) is 0 Å². The van der Waals surface area contributed by atoms with E-state index in [9.17, 15) is 19.5 Å². The molecule has 30 heavy (non-hydrogen) atoms. The third kappa shape index (κ3) is 4.32. The molecule has 0 bridgehead atoms. The quantitative estimate of drug-likeness (QED) is 0.767. The first-order chi connectivity index (χ1) is 14.3. The van der Waals surface area contributed by atoms with Gasteiger partial charge in [-0.3, -0.25) is 14.6 Å². The number of carbonyl (C=O) groups excluding carboxylic acids is 3. The van der Waals surface area contributed by atoms with Crippen LogP contribution in [0.15, 0.2) is 35.9 Å². The number of aromatic nitrogens is 1. The summed E-state index contributed by atoms with van der Waals surface area (Å²) in [6.07, 6.45) is 4.21. The molecule has 0 aromatic carbocycles. The Bertz CT molecular complexity index is 828. The van der Waals surface area contributed by atoms with Crippen LogP contribution in [0.5, 0.6) is 0 Å². The highest BCUT2D eigenvalue weighted by Gasteiger charge is 2.47. The van der Waals surface area contributed by atoms with Crippen molar-refractivity contribution in [1.29, 1.82) is 0 Å². The number of aliphatic hydroxyl groups is 1. The Morgan fingerprint density at radius 3 is 2.43 bits per heavy atom. The van der Waals surface area contributed by atoms with Crippen LogP contribution in [0.2, 0.25) is 0 Å². The van der Waals surface area contributed by atoms with Crippen molar-refractivity contribution >= 4 is 17.8 Å². The smallest absolute Gasteiger partial charge is 0.409 e. The zero-order valence-electron chi connectivity index (χ0n) is 17.7. The van der Waals surface area contributed by atoms with Crippen molar-refractivity contribution in [2.75, 3.05) is 19.7 Å². The molecular weight excluding hydrogens is 386 g/mol. The number of piperidine rings is 1. The fraction of sp³-hybridized carbons (Fsp3) is 0.545. The first-order valence-electron chi connectivity index (χ1n) is 10.5. The molecule has 2 amide bonds. The molecule has 1 fully saturated rings. The van der Waals surface area contributed by atoms with E-state index in [0.717, 1.165) is 5.56 Å². The Morgan fingerprint density at radius 1 is 1.23 bits per heavy atom. The molecular formula is C22H29N3O5. The lowest BCUT2D eigenvalue weighted by atomic mass is 9.91. The maximum atomic E-state index is 13.1. The summed E-state index contributed by atoms with van der Waals surface area (Å²) in [5.41, 5.74) is 0.898. The summed E-state index contributed by atoms with van der Waals surface area (Å²) in [5, 5.41) is 10.7. The Balaban J connectivity index is 1.88. The van der Waals surface area contributed by atoms with Crippen LogP contribution in [0.1, 0.15) is 51.6 Å². The van der Waals surface area contributed by atoms with Crippen LogP contribution in [-0.4, -0.2) is 63.4 Å². The third-order valence-electron chi connectivity index (χ3n) is 5.54. The molecule has 8 heteroatoms. The molecule has 1 aromatic heterocycles. The van der Waals surface area contributed by atoms with Gasteiger partial charge in [-0.15, -0.1) is 0 Å². The maximum Gasteiger partial charge on any atom is 0.409 e. The lowest BCUT2D eigenvalue weighted by Crippen LogP contribution is -2.48. The second kappa shape index (κ2) is 9.28. The SMILES string of the molecule is CCOC(=O)N1CCC(N2C(=O)C(O)=C(C(=O)CC(C)C)C2c2ccncc2)CC1. The fourth-order valence-electron chi connectivity index (χ4n) is 4.18. The monoisotopic (exact) mass is 415 g/mol. The average Bonchev–Trinajstić information content (AvgIpc) is 2.99. The van der Waals surface area contributed by atoms with Crippen LogP contribution in [-0.2, 0) is 14.3 Å². The van der Waals surface area contributed by atoms with Crippen molar-refractivity contribution in [3.05, 3.63) is 41.4 Å². The van der Waals surface area contributed by atoms with Crippen molar-refractivity contribution in [2.45, 2.75) is 52.1 Å². The van der Waals surface area contributed by atoms with Gasteiger partial charge in [0.1, 0.15) is 0 Å². The number of Topliss-reactive ketones (excluding diaryl/α,β-unsaturated/α-hetero) is 1. The highest BCUT2D eigenvalue weighted by atomic mass is 16.6. The van der Waals surface area contributed by atoms with E-state index < -0.39 is 17.7 Å². The first-order valence-corrected chi connectivity index (χ1v) is 10.5. The highest BCUT2D eigenvalue weighted by molar-refractivity contribution is 6.09. The third-order valence-corrected chi connectivity index (χ3v) is 5.54. The van der Waals surface area contributed by atoms with Gasteiger partial charge in [-0.05, 0) is 43.4 Å². The molecule has 1 N–H and O–H groups in total. The topological polar surface area (TPSA) is 100 Å². The highest BCUT2D eigenvalue weighted by Crippen LogP contribution is 2.41. The molecule has 162 valence electrons. The number of ketones is 1. The van der Waals surface area contributed by atoms with Gasteiger partial charge in [0.2, 0.25) is 0 Å². The summed E-state index contributed by atoms with van der Waals surface area (Å²) in [6.45, 7) is 6.83. The van der Waals surface area contributed by atoms with E-state index in [4.69, 9.17) is 4.74 Å². The molecule has 2 aliphatic rings. The van der Waals surface area contributed by atoms with Crippen molar-refractivity contribution in [1.82, 2.24) is 14.8 Å². The summed E-state index contributed by atoms with van der Waals surface area (Å²) >= 11 is 0. The molecule has 3 heterocycles. The van der Waals surface area contributed by atoms with Gasteiger partial charge in [-0.1, -0.05) is 13.8 Å². The Hall–Kier alpha value is -2.90. The number of amides is 2. The summed E-state index contributed by atoms with van der Waals surface area (Å²) in [5.74, 6) is -1.11. The average molecular weight is 415 g/mol. The number of nitrogens with zero attached hydrogens (tertiary/aromatic N) is 3. The van der Waals surface area contributed by atoms with E-state index in [1.807, 2.05) is 13.8 Å². The molecule has 3 rings (SSSR count). The zero-order chi connectivity index (χ0) is 21.8. The lowest BCUT2D eigenvalue weighted by molar-refractivity contribution is -0.132. The van der Waals surface area contributed by atoms with Gasteiger partial charge in [-0.2, -0.15) is 0 Å². The van der Waals surface area contributed by atoms with Crippen LogP contribution in [0.25, 0.3) is 0 Å². The number of pyridine rings is 1. The number of hydrogen-bond donors (Lipinski definition) is 1. The first kappa shape index (κ1) is 21.8. The number of rotatable bonds is 6. The number of ether oxygens (including phenoxy) is 1. The van der Waals surface area contributed by atoms with Gasteiger partial charge in [0, 0.05) is 37.9 Å². The second-order valence-corrected chi connectivity index (χ2v) is 8.10. The minimum absolute atomic E-state index is 0.104. The number of likely N-dealkylation sites (tertiary alicyclic amines) is 1. The summed E-state index contributed by atoms with van der Waals surface area (Å²) in [4.78, 5) is 45.3. The summed E-state index contributed by atoms with van der Waals surface area (Å²) in [7, 11) is 0. The predicted molar refractivity (Wildman–Crippen MR) is 110 cm³/mol. The molecule has 0 radical (unpaired) electrons. The minimum atomic E-state index is -0.647. The predicted octanol–water partition coefficient (Wildman–Crippen LogP) is 3.01. The van der Waals surface area contributed by atoms with Crippen molar-refractivity contribution in [2.24, 2.45) is 5.92 Å². The molecule has 0 saturated carbocycles. The maximum absolute atomic E-state index is 13.1. The van der Waals surface area contributed by atoms with Gasteiger partial charge in [0.25, 0.3) is 5.91 Å². The fourth-order valence-corrected chi connectivity index (χ4v) is 4.18. The van der Waals surface area contributed by atoms with E-state index in [0.29, 0.717) is 32.5 Å². The van der Waals surface area contributed by atoms with Crippen LogP contribution < -0.4 is 0 Å². The van der Waals surface area contributed by atoms with Crippen LogP contribution in [0.3, 0.4) is 0 Å². The molecule has 1 saturated heterocycles. The standard InChI is InChI=1S/C22H29N3O5/c1-4-30-22(29)24-11-7-16(8-12-24)25-19(15-5-9-23-10-6-15)18(20(27)21(25)28)17(26)13-14(2)3/h5-6,9-10,14,16,19,27H,4,7-8,11-13H2,1-3H3. The molecule has 2 aliphatic heterocycles. The molecule has 1 unspecified atom stereocenters. The van der Waals surface area contributed by atoms with E-state index in [1.54, 1.807) is 41.2 Å². The normalized spacial score (nSPS) is 20.3. The van der Waals surface area contributed by atoms with Crippen LogP contribution in [0, 0.1) is 5.92 Å². The van der Waals surface area contributed by atoms with Gasteiger partial charge in [-0.25, -0.2) is 4.79 Å². The van der Waals surface area contributed by atoms with Gasteiger partial charge < -0.3 is 19.6 Å². The van der Waals surface area contributed by atoms with E-state index >= 15 is 0 Å². The Kier molecular flexibility index (Phi) is 6.74. The van der Waals surface area contributed by atoms with Crippen molar-refractivity contribution in [3.8, 4) is 0 Å². The molecule has 8 nitrogen and oxygen atoms in total. The molecule has 0 aliphatic carbocycles. The zero-order valence-corrected chi connectivity index (χ0v) is 17.7.